The summed E-state index contributed by atoms with van der Waals surface area (Å²) in [5.74, 6) is 7.29. The molecule has 0 spiro atoms. The largest absolute Gasteiger partial charge is 0.295 e. The summed E-state index contributed by atoms with van der Waals surface area (Å²) in [6.45, 7) is 4.47. The second-order valence-corrected chi connectivity index (χ2v) is 9.90. The van der Waals surface area contributed by atoms with Crippen molar-refractivity contribution >= 4 is 5.91 Å². The molecule has 1 aliphatic heterocycles. The van der Waals surface area contributed by atoms with E-state index in [4.69, 9.17) is 5.21 Å². The number of nitrogens with one attached hydrogen (secondary N) is 1. The fourth-order valence-electron chi connectivity index (χ4n) is 9.00. The molecule has 0 radical (unpaired) electrons. The maximum absolute atomic E-state index is 11.8. The molecule has 1 aromatic rings. The van der Waals surface area contributed by atoms with Gasteiger partial charge in [0.1, 0.15) is 0 Å². The van der Waals surface area contributed by atoms with Crippen LogP contribution in [0.1, 0.15) is 41.4 Å². The highest BCUT2D eigenvalue weighted by molar-refractivity contribution is 5.93. The number of hydrogen-bond acceptors (Lipinski definition) is 4. The molecule has 1 aromatic heterocycles. The van der Waals surface area contributed by atoms with E-state index in [1.807, 2.05) is 6.07 Å². The second-order valence-electron chi connectivity index (χ2n) is 9.90. The number of amides is 1. The lowest BCUT2D eigenvalue weighted by Gasteiger charge is -2.88. The number of aromatic nitrogens is 1. The van der Waals surface area contributed by atoms with Crippen molar-refractivity contribution in [1.82, 2.24) is 15.4 Å². The summed E-state index contributed by atoms with van der Waals surface area (Å²) in [6, 6.07) is 2.50. The van der Waals surface area contributed by atoms with E-state index < -0.39 is 5.91 Å². The zero-order valence-corrected chi connectivity index (χ0v) is 15.1. The summed E-state index contributed by atoms with van der Waals surface area (Å²) in [4.78, 5) is 19.0. The van der Waals surface area contributed by atoms with Gasteiger partial charge in [-0.05, 0) is 71.3 Å². The van der Waals surface area contributed by atoms with Crippen LogP contribution in [0.5, 0.6) is 0 Å². The standard InChI is InChI=1S/C21H25N3O2/c1-2-11-4-13-10(3-9(6-22-13)20(25)23-26)7-24(11)8-21-5-12-14-16-15(12)19(21)17(16)18(14)21/h3,6,11-12,14-19,26H,2,4-5,7-8H2,1H3,(H,23,25)/t11-,12?,14?,15?,16?,17?,18?,19?,21?/m1/s1. The average molecular weight is 351 g/mol. The Kier molecular flexibility index (Phi) is 2.43. The van der Waals surface area contributed by atoms with Crippen molar-refractivity contribution in [3.05, 3.63) is 29.1 Å². The first-order valence-corrected chi connectivity index (χ1v) is 10.3. The molecule has 2 bridgehead atoms. The van der Waals surface area contributed by atoms with Crippen LogP contribution >= 0.6 is 0 Å². The van der Waals surface area contributed by atoms with Crippen LogP contribution in [0.4, 0.5) is 0 Å². The van der Waals surface area contributed by atoms with Gasteiger partial charge in [-0.3, -0.25) is 19.9 Å². The lowest BCUT2D eigenvalue weighted by Crippen LogP contribution is -2.86. The average Bonchev–Trinajstić information content (AvgIpc) is 2.84. The highest BCUT2D eigenvalue weighted by Crippen LogP contribution is 2.98. The van der Waals surface area contributed by atoms with Crippen molar-refractivity contribution in [3.8, 4) is 0 Å². The number of hydroxylamine groups is 1. The Hall–Kier alpha value is -1.46. The molecule has 0 saturated heterocycles. The van der Waals surface area contributed by atoms with E-state index >= 15 is 0 Å². The quantitative estimate of drug-likeness (QED) is 0.644. The zero-order valence-electron chi connectivity index (χ0n) is 15.1. The maximum atomic E-state index is 11.8. The Morgan fingerprint density at radius 3 is 2.85 bits per heavy atom. The number of carbonyl (C=O) groups excluding carboxylic acids is 1. The maximum Gasteiger partial charge on any atom is 0.276 e. The topological polar surface area (TPSA) is 65.5 Å². The highest BCUT2D eigenvalue weighted by atomic mass is 16.5. The number of rotatable bonds is 4. The van der Waals surface area contributed by atoms with E-state index in [2.05, 4.69) is 16.8 Å². The molecule has 26 heavy (non-hydrogen) atoms. The molecule has 0 aromatic carbocycles. The van der Waals surface area contributed by atoms with Gasteiger partial charge in [0.15, 0.2) is 0 Å². The number of pyridine rings is 1. The molecule has 6 saturated carbocycles. The van der Waals surface area contributed by atoms with Gasteiger partial charge in [0.05, 0.1) is 5.56 Å². The number of nitrogens with zero attached hydrogens (tertiary/aromatic N) is 2. The van der Waals surface area contributed by atoms with Crippen molar-refractivity contribution in [2.75, 3.05) is 6.54 Å². The van der Waals surface area contributed by atoms with Crippen LogP contribution in [0, 0.1) is 46.8 Å². The monoisotopic (exact) mass is 351 g/mol. The number of hydrogen-bond donors (Lipinski definition) is 2. The first-order valence-electron chi connectivity index (χ1n) is 10.3. The predicted molar refractivity (Wildman–Crippen MR) is 93.2 cm³/mol. The minimum atomic E-state index is -0.470. The molecule has 7 aliphatic rings. The normalized spacial score (nSPS) is 50.7. The van der Waals surface area contributed by atoms with Gasteiger partial charge >= 0.3 is 0 Å². The van der Waals surface area contributed by atoms with Crippen LogP contribution in [-0.2, 0) is 13.0 Å². The van der Waals surface area contributed by atoms with Crippen molar-refractivity contribution in [3.63, 3.8) is 0 Å². The van der Waals surface area contributed by atoms with E-state index in [1.165, 1.54) is 24.4 Å². The van der Waals surface area contributed by atoms with Gasteiger partial charge < -0.3 is 0 Å². The Bertz CT molecular complexity index is 834. The first-order chi connectivity index (χ1) is 12.7. The van der Waals surface area contributed by atoms with Gasteiger partial charge in [0.2, 0.25) is 0 Å². The Labute approximate surface area is 153 Å². The van der Waals surface area contributed by atoms with Gasteiger partial charge in [-0.2, -0.15) is 0 Å². The molecule has 8 rings (SSSR count). The summed E-state index contributed by atoms with van der Waals surface area (Å²) in [6.07, 6.45) is 5.25. The lowest BCUT2D eigenvalue weighted by molar-refractivity contribution is -0.413. The summed E-state index contributed by atoms with van der Waals surface area (Å²) >= 11 is 0. The van der Waals surface area contributed by atoms with E-state index in [0.29, 0.717) is 17.0 Å². The Morgan fingerprint density at radius 1 is 1.35 bits per heavy atom. The number of fused-ring (bicyclic) bond motifs is 1. The van der Waals surface area contributed by atoms with Crippen molar-refractivity contribution in [1.29, 1.82) is 0 Å². The van der Waals surface area contributed by atoms with Crippen molar-refractivity contribution < 1.29 is 10.0 Å². The summed E-state index contributed by atoms with van der Waals surface area (Å²) in [5.41, 5.74) is 5.14. The first kappa shape index (κ1) is 14.6. The molecular formula is C21H25N3O2. The molecule has 5 heteroatoms. The molecule has 1 amide bonds. The third-order valence-electron chi connectivity index (χ3n) is 9.64. The smallest absolute Gasteiger partial charge is 0.276 e. The van der Waals surface area contributed by atoms with E-state index in [0.717, 1.165) is 60.6 Å². The second kappa shape index (κ2) is 4.33. The van der Waals surface area contributed by atoms with E-state index in [1.54, 1.807) is 11.7 Å². The molecule has 4 unspecified atom stereocenters. The fourth-order valence-corrected chi connectivity index (χ4v) is 9.00. The molecule has 6 aliphatic carbocycles. The molecule has 5 atom stereocenters. The van der Waals surface area contributed by atoms with Crippen LogP contribution in [0.3, 0.4) is 0 Å². The molecule has 6 fully saturated rings. The molecule has 5 nitrogen and oxygen atoms in total. The lowest BCUT2D eigenvalue weighted by atomic mass is 9.17. The van der Waals surface area contributed by atoms with Gasteiger partial charge in [0, 0.05) is 37.4 Å². The van der Waals surface area contributed by atoms with Crippen LogP contribution in [0.25, 0.3) is 0 Å². The Morgan fingerprint density at radius 2 is 2.15 bits per heavy atom. The fraction of sp³-hybridized carbons (Fsp3) is 0.714. The van der Waals surface area contributed by atoms with E-state index in [-0.39, 0.29) is 0 Å². The highest BCUT2D eigenvalue weighted by Gasteiger charge is 2.95. The van der Waals surface area contributed by atoms with Crippen LogP contribution in [-0.4, -0.2) is 33.6 Å². The van der Waals surface area contributed by atoms with Crippen LogP contribution < -0.4 is 5.48 Å². The zero-order chi connectivity index (χ0) is 17.4. The van der Waals surface area contributed by atoms with Crippen LogP contribution in [0.15, 0.2) is 12.3 Å². The van der Waals surface area contributed by atoms with Crippen LogP contribution in [0.2, 0.25) is 0 Å². The number of carbonyl (C=O) groups is 1. The van der Waals surface area contributed by atoms with Gasteiger partial charge in [-0.15, -0.1) is 0 Å². The van der Waals surface area contributed by atoms with Gasteiger partial charge in [0.25, 0.3) is 5.91 Å². The molecule has 136 valence electrons. The van der Waals surface area contributed by atoms with Gasteiger partial charge in [-0.25, -0.2) is 5.48 Å². The van der Waals surface area contributed by atoms with Crippen molar-refractivity contribution in [2.45, 2.75) is 38.8 Å². The third-order valence-corrected chi connectivity index (χ3v) is 9.64. The van der Waals surface area contributed by atoms with E-state index in [9.17, 15) is 4.79 Å². The molecule has 2 N–H and O–H groups in total. The van der Waals surface area contributed by atoms with Gasteiger partial charge in [-0.1, -0.05) is 6.92 Å². The summed E-state index contributed by atoms with van der Waals surface area (Å²) < 4.78 is 0. The minimum absolute atomic E-state index is 0.453. The SMILES string of the molecule is CC[C@@H]1Cc2ncc(C(=O)NO)cc2CN1CC12CC3C4C5C3C1C5C42. The summed E-state index contributed by atoms with van der Waals surface area (Å²) in [7, 11) is 0. The molecular weight excluding hydrogens is 326 g/mol. The van der Waals surface area contributed by atoms with Crippen molar-refractivity contribution in [2.24, 2.45) is 46.8 Å². The third kappa shape index (κ3) is 1.30. The predicted octanol–water partition coefficient (Wildman–Crippen LogP) is 2.10. The summed E-state index contributed by atoms with van der Waals surface area (Å²) in [5, 5.41) is 8.91. The molecule has 2 heterocycles. The Balaban J connectivity index is 1.19. The minimum Gasteiger partial charge on any atom is -0.295 e.